The van der Waals surface area contributed by atoms with Gasteiger partial charge in [-0.3, -0.25) is 0 Å². The number of nitrogens with zero attached hydrogens (tertiary/aromatic N) is 3. The summed E-state index contributed by atoms with van der Waals surface area (Å²) in [6.45, 7) is -0.0815. The molecule has 4 nitrogen and oxygen atoms in total. The second-order valence-corrected chi connectivity index (χ2v) is 7.94. The molecule has 2 aliphatic rings. The van der Waals surface area contributed by atoms with Crippen molar-refractivity contribution in [3.8, 4) is 0 Å². The van der Waals surface area contributed by atoms with Crippen LogP contribution in [-0.2, 0) is 6.54 Å². The molecule has 1 fully saturated rings. The number of rotatable bonds is 4. The summed E-state index contributed by atoms with van der Waals surface area (Å²) < 4.78 is 89.7. The standard InChI is InChI=1S/C22H21F6N3O/c23-21(24,25)20(22(26,27)28)29-18(15-8-3-1-4-9-15)31(14-17-12-7-13-32-17)19(30-20)16-10-5-2-6-11-16/h1,3-4,7-9,12-13,16H,2,5-6,10-11,14H2. The molecule has 0 unspecified atom stereocenters. The molecule has 10 heteroatoms. The Labute approximate surface area is 180 Å². The monoisotopic (exact) mass is 457 g/mol. The van der Waals surface area contributed by atoms with Crippen molar-refractivity contribution in [3.05, 3.63) is 60.1 Å². The summed E-state index contributed by atoms with van der Waals surface area (Å²) in [5.41, 5.74) is -4.42. The van der Waals surface area contributed by atoms with Crippen molar-refractivity contribution in [2.75, 3.05) is 0 Å². The third-order valence-electron chi connectivity index (χ3n) is 5.76. The van der Waals surface area contributed by atoms with E-state index >= 15 is 0 Å². The highest BCUT2D eigenvalue weighted by atomic mass is 19.4. The topological polar surface area (TPSA) is 41.1 Å². The van der Waals surface area contributed by atoms with E-state index in [1.807, 2.05) is 0 Å². The second-order valence-electron chi connectivity index (χ2n) is 7.94. The van der Waals surface area contributed by atoms with Gasteiger partial charge in [0, 0.05) is 11.5 Å². The fourth-order valence-electron chi connectivity index (χ4n) is 4.18. The van der Waals surface area contributed by atoms with Crippen molar-refractivity contribution in [1.82, 2.24) is 4.90 Å². The summed E-state index contributed by atoms with van der Waals surface area (Å²) in [5, 5.41) is 0. The Morgan fingerprint density at radius 1 is 0.875 bits per heavy atom. The van der Waals surface area contributed by atoms with E-state index in [-0.39, 0.29) is 17.9 Å². The predicted octanol–water partition coefficient (Wildman–Crippen LogP) is 6.34. The lowest BCUT2D eigenvalue weighted by atomic mass is 9.87. The van der Waals surface area contributed by atoms with E-state index in [1.165, 1.54) is 35.4 Å². The molecule has 1 aromatic heterocycles. The van der Waals surface area contributed by atoms with Crippen LogP contribution in [0.25, 0.3) is 0 Å². The summed E-state index contributed by atoms with van der Waals surface area (Å²) in [6, 6.07) is 10.8. The fourth-order valence-corrected chi connectivity index (χ4v) is 4.18. The number of benzene rings is 1. The number of hydrogen-bond donors (Lipinski definition) is 0. The van der Waals surface area contributed by atoms with Crippen LogP contribution in [0.2, 0.25) is 0 Å². The maximum Gasteiger partial charge on any atom is 0.443 e. The number of aliphatic imine (C=N–C) groups is 2. The molecule has 4 rings (SSSR count). The van der Waals surface area contributed by atoms with Gasteiger partial charge in [-0.1, -0.05) is 49.6 Å². The zero-order valence-electron chi connectivity index (χ0n) is 17.0. The zero-order valence-corrected chi connectivity index (χ0v) is 17.0. The van der Waals surface area contributed by atoms with Crippen LogP contribution < -0.4 is 0 Å². The lowest BCUT2D eigenvalue weighted by Crippen LogP contribution is -2.60. The number of halogens is 6. The summed E-state index contributed by atoms with van der Waals surface area (Å²) in [6.07, 6.45) is -6.91. The van der Waals surface area contributed by atoms with E-state index in [4.69, 9.17) is 4.42 Å². The highest BCUT2D eigenvalue weighted by Crippen LogP contribution is 2.50. The number of hydrogen-bond acceptors (Lipinski definition) is 4. The minimum absolute atomic E-state index is 0.0815. The molecule has 1 aromatic carbocycles. The molecule has 1 aliphatic heterocycles. The predicted molar refractivity (Wildman–Crippen MR) is 106 cm³/mol. The van der Waals surface area contributed by atoms with E-state index in [0.717, 1.165) is 6.42 Å². The zero-order chi connectivity index (χ0) is 23.0. The Morgan fingerprint density at radius 2 is 1.53 bits per heavy atom. The van der Waals surface area contributed by atoms with Crippen LogP contribution in [0.3, 0.4) is 0 Å². The van der Waals surface area contributed by atoms with Gasteiger partial charge < -0.3 is 9.32 Å². The molecular weight excluding hydrogens is 436 g/mol. The molecule has 0 atom stereocenters. The van der Waals surface area contributed by atoms with Gasteiger partial charge >= 0.3 is 18.0 Å². The molecule has 32 heavy (non-hydrogen) atoms. The molecule has 0 N–H and O–H groups in total. The Bertz CT molecular complexity index is 959. The van der Waals surface area contributed by atoms with Gasteiger partial charge in [-0.05, 0) is 25.0 Å². The minimum atomic E-state index is -5.76. The molecule has 172 valence electrons. The molecule has 0 amide bonds. The largest absolute Gasteiger partial charge is 0.467 e. The van der Waals surface area contributed by atoms with E-state index in [0.29, 0.717) is 31.4 Å². The van der Waals surface area contributed by atoms with Gasteiger partial charge in [0.1, 0.15) is 17.4 Å². The van der Waals surface area contributed by atoms with E-state index < -0.39 is 29.8 Å². The molecule has 0 bridgehead atoms. The van der Waals surface area contributed by atoms with Gasteiger partial charge in [0.05, 0.1) is 12.8 Å². The second kappa shape index (κ2) is 8.29. The smallest absolute Gasteiger partial charge is 0.443 e. The van der Waals surface area contributed by atoms with Gasteiger partial charge in [-0.25, -0.2) is 9.98 Å². The van der Waals surface area contributed by atoms with Gasteiger partial charge in [-0.2, -0.15) is 26.3 Å². The first-order valence-corrected chi connectivity index (χ1v) is 10.3. The average molecular weight is 457 g/mol. The molecule has 0 radical (unpaired) electrons. The van der Waals surface area contributed by atoms with Crippen LogP contribution in [0.15, 0.2) is 63.1 Å². The third-order valence-corrected chi connectivity index (χ3v) is 5.76. The average Bonchev–Trinajstić information content (AvgIpc) is 3.26. The van der Waals surface area contributed by atoms with Crippen molar-refractivity contribution >= 4 is 11.7 Å². The first-order valence-electron chi connectivity index (χ1n) is 10.3. The molecular formula is C22H21F6N3O. The summed E-state index contributed by atoms with van der Waals surface area (Å²) in [4.78, 5) is 8.02. The Hall–Kier alpha value is -2.78. The third kappa shape index (κ3) is 4.02. The lowest BCUT2D eigenvalue weighted by Gasteiger charge is -2.42. The van der Waals surface area contributed by atoms with E-state index in [9.17, 15) is 26.3 Å². The van der Waals surface area contributed by atoms with Crippen LogP contribution in [0.1, 0.15) is 43.4 Å². The highest BCUT2D eigenvalue weighted by Gasteiger charge is 2.74. The summed E-state index contributed by atoms with van der Waals surface area (Å²) >= 11 is 0. The van der Waals surface area contributed by atoms with Gasteiger partial charge in [0.2, 0.25) is 0 Å². The Kier molecular flexibility index (Phi) is 5.81. The summed E-state index contributed by atoms with van der Waals surface area (Å²) in [5.74, 6) is -0.836. The first kappa shape index (κ1) is 22.4. The SMILES string of the molecule is FC(F)(F)C1(C(F)(F)F)N=C(c2ccccc2)N(Cc2ccco2)C(C2CCCCC2)=N1. The van der Waals surface area contributed by atoms with E-state index in [2.05, 4.69) is 9.98 Å². The van der Waals surface area contributed by atoms with Crippen molar-refractivity contribution in [1.29, 1.82) is 0 Å². The quantitative estimate of drug-likeness (QED) is 0.503. The van der Waals surface area contributed by atoms with Gasteiger partial charge in [-0.15, -0.1) is 0 Å². The number of alkyl halides is 6. The van der Waals surface area contributed by atoms with Gasteiger partial charge in [0.15, 0.2) is 0 Å². The molecule has 0 saturated heterocycles. The van der Waals surface area contributed by atoms with Crippen molar-refractivity contribution in [2.45, 2.75) is 56.7 Å². The van der Waals surface area contributed by atoms with Crippen LogP contribution in [0, 0.1) is 5.92 Å². The van der Waals surface area contributed by atoms with Crippen LogP contribution in [0.4, 0.5) is 26.3 Å². The molecule has 0 spiro atoms. The number of amidine groups is 2. The lowest BCUT2D eigenvalue weighted by molar-refractivity contribution is -0.293. The molecule has 2 heterocycles. The fraction of sp³-hybridized carbons (Fsp3) is 0.455. The van der Waals surface area contributed by atoms with Gasteiger partial charge in [0.25, 0.3) is 0 Å². The molecule has 1 aliphatic carbocycles. The first-order chi connectivity index (χ1) is 15.1. The highest BCUT2D eigenvalue weighted by molar-refractivity contribution is 6.11. The Morgan fingerprint density at radius 3 is 2.09 bits per heavy atom. The molecule has 2 aromatic rings. The van der Waals surface area contributed by atoms with Crippen molar-refractivity contribution in [2.24, 2.45) is 15.9 Å². The van der Waals surface area contributed by atoms with Crippen molar-refractivity contribution < 1.29 is 30.8 Å². The minimum Gasteiger partial charge on any atom is -0.467 e. The van der Waals surface area contributed by atoms with Crippen LogP contribution in [-0.4, -0.2) is 34.6 Å². The van der Waals surface area contributed by atoms with E-state index in [1.54, 1.807) is 18.2 Å². The Balaban J connectivity index is 1.95. The van der Waals surface area contributed by atoms with Crippen LogP contribution >= 0.6 is 0 Å². The number of furan rings is 1. The summed E-state index contributed by atoms with van der Waals surface area (Å²) in [7, 11) is 0. The van der Waals surface area contributed by atoms with Crippen LogP contribution in [0.5, 0.6) is 0 Å². The van der Waals surface area contributed by atoms with Crippen molar-refractivity contribution in [3.63, 3.8) is 0 Å². The normalized spacial score (nSPS) is 20.1. The molecule has 1 saturated carbocycles. The maximum atomic E-state index is 14.1. The maximum absolute atomic E-state index is 14.1.